The third kappa shape index (κ3) is 4.40. The van der Waals surface area contributed by atoms with Crippen LogP contribution in [-0.4, -0.2) is 43.0 Å². The predicted octanol–water partition coefficient (Wildman–Crippen LogP) is 3.38. The number of amides is 1. The Morgan fingerprint density at radius 3 is 2.43 bits per heavy atom. The molecule has 1 aliphatic heterocycles. The first kappa shape index (κ1) is 22.4. The lowest BCUT2D eigenvalue weighted by Gasteiger charge is -2.31. The van der Waals surface area contributed by atoms with Gasteiger partial charge in [-0.15, -0.1) is 0 Å². The number of aromatic nitrogens is 4. The van der Waals surface area contributed by atoms with Crippen LogP contribution in [0.15, 0.2) is 78.4 Å². The van der Waals surface area contributed by atoms with E-state index in [-0.39, 0.29) is 23.3 Å². The highest BCUT2D eigenvalue weighted by Gasteiger charge is 2.25. The predicted molar refractivity (Wildman–Crippen MR) is 134 cm³/mol. The molecule has 1 amide bonds. The van der Waals surface area contributed by atoms with E-state index in [2.05, 4.69) is 16.5 Å². The third-order valence-electron chi connectivity index (χ3n) is 6.35. The first-order valence-corrected chi connectivity index (χ1v) is 11.5. The maximum absolute atomic E-state index is 13.6. The Balaban J connectivity index is 1.45. The van der Waals surface area contributed by atoms with Crippen molar-refractivity contribution in [2.24, 2.45) is 5.92 Å². The van der Waals surface area contributed by atoms with E-state index in [0.29, 0.717) is 42.2 Å². The van der Waals surface area contributed by atoms with Crippen LogP contribution in [0, 0.1) is 5.92 Å². The number of imidazole rings is 1. The molecule has 178 valence electrons. The van der Waals surface area contributed by atoms with Crippen molar-refractivity contribution in [3.63, 3.8) is 0 Å². The zero-order valence-corrected chi connectivity index (χ0v) is 19.2. The molecule has 2 aromatic carbocycles. The Bertz CT molecular complexity index is 1420. The number of ether oxygens (including phenoxy) is 1. The highest BCUT2D eigenvalue weighted by Crippen LogP contribution is 2.26. The summed E-state index contributed by atoms with van der Waals surface area (Å²) in [7, 11) is 0. The van der Waals surface area contributed by atoms with E-state index in [1.165, 1.54) is 12.4 Å². The summed E-state index contributed by atoms with van der Waals surface area (Å²) in [5, 5.41) is 0. The van der Waals surface area contributed by atoms with Crippen LogP contribution >= 0.6 is 0 Å². The average molecular weight is 471 g/mol. The minimum absolute atomic E-state index is 0.0579. The summed E-state index contributed by atoms with van der Waals surface area (Å²) in [5.74, 6) is 1.80. The van der Waals surface area contributed by atoms with Gasteiger partial charge in [-0.05, 0) is 61.2 Å². The second-order valence-corrected chi connectivity index (χ2v) is 8.54. The molecule has 5 rings (SSSR count). The van der Waals surface area contributed by atoms with Crippen molar-refractivity contribution >= 4 is 22.9 Å². The minimum atomic E-state index is -0.228. The van der Waals surface area contributed by atoms with Crippen molar-refractivity contribution in [2.75, 3.05) is 18.8 Å². The van der Waals surface area contributed by atoms with Gasteiger partial charge in [-0.25, -0.2) is 14.8 Å². The summed E-state index contributed by atoms with van der Waals surface area (Å²) in [4.78, 5) is 35.8. The lowest BCUT2D eigenvalue weighted by Crippen LogP contribution is -2.39. The number of hydrogen-bond acceptors (Lipinski definition) is 6. The highest BCUT2D eigenvalue weighted by molar-refractivity contribution is 5.87. The topological polar surface area (TPSA) is 108 Å². The van der Waals surface area contributed by atoms with Gasteiger partial charge in [0.05, 0.1) is 5.69 Å². The number of anilines is 1. The van der Waals surface area contributed by atoms with Crippen LogP contribution in [0.1, 0.15) is 12.8 Å². The Morgan fingerprint density at radius 2 is 1.74 bits per heavy atom. The molecule has 3 heterocycles. The number of nitrogens with two attached hydrogens (primary N) is 1. The van der Waals surface area contributed by atoms with Gasteiger partial charge in [-0.2, -0.15) is 0 Å². The molecule has 0 atom stereocenters. The molecule has 35 heavy (non-hydrogen) atoms. The number of carbonyl (C=O) groups excluding carboxylic acids is 1. The van der Waals surface area contributed by atoms with Crippen molar-refractivity contribution in [1.29, 1.82) is 0 Å². The maximum Gasteiger partial charge on any atom is 0.335 e. The van der Waals surface area contributed by atoms with E-state index in [0.717, 1.165) is 18.6 Å². The minimum Gasteiger partial charge on any atom is -0.457 e. The van der Waals surface area contributed by atoms with Crippen LogP contribution < -0.4 is 16.2 Å². The van der Waals surface area contributed by atoms with Crippen molar-refractivity contribution in [2.45, 2.75) is 19.4 Å². The Morgan fingerprint density at radius 1 is 1.06 bits per heavy atom. The largest absolute Gasteiger partial charge is 0.457 e. The normalized spacial score (nSPS) is 14.2. The summed E-state index contributed by atoms with van der Waals surface area (Å²) in [5.41, 5.74) is 7.60. The van der Waals surface area contributed by atoms with Crippen LogP contribution in [0.3, 0.4) is 0 Å². The molecule has 1 fully saturated rings. The maximum atomic E-state index is 13.6. The number of likely N-dealkylation sites (tertiary alicyclic amines) is 1. The van der Waals surface area contributed by atoms with E-state index >= 15 is 0 Å². The summed E-state index contributed by atoms with van der Waals surface area (Å²) >= 11 is 0. The fraction of sp³-hybridized carbons (Fsp3) is 0.231. The number of nitrogens with zero attached hydrogens (tertiary/aromatic N) is 5. The van der Waals surface area contributed by atoms with Gasteiger partial charge < -0.3 is 15.4 Å². The molecular weight excluding hydrogens is 444 g/mol. The molecule has 1 saturated heterocycles. The molecule has 2 aromatic heterocycles. The van der Waals surface area contributed by atoms with E-state index in [4.69, 9.17) is 10.5 Å². The molecule has 4 aromatic rings. The van der Waals surface area contributed by atoms with Gasteiger partial charge in [-0.3, -0.25) is 13.9 Å². The zero-order valence-electron chi connectivity index (χ0n) is 19.2. The third-order valence-corrected chi connectivity index (χ3v) is 6.35. The van der Waals surface area contributed by atoms with Gasteiger partial charge in [0, 0.05) is 19.6 Å². The van der Waals surface area contributed by atoms with Gasteiger partial charge in [0.2, 0.25) is 5.91 Å². The lowest BCUT2D eigenvalue weighted by atomic mass is 9.96. The molecule has 0 unspecified atom stereocenters. The smallest absolute Gasteiger partial charge is 0.335 e. The van der Waals surface area contributed by atoms with Crippen LogP contribution in [0.2, 0.25) is 0 Å². The Kier molecular flexibility index (Phi) is 6.05. The average Bonchev–Trinajstić information content (AvgIpc) is 3.17. The SMILES string of the molecule is C=CC(=O)N1CCC(Cn2c(=O)n(-c3ccc(Oc4ccccc4)cc3)c3c(N)ncnc32)CC1. The summed E-state index contributed by atoms with van der Waals surface area (Å²) < 4.78 is 9.09. The van der Waals surface area contributed by atoms with Crippen LogP contribution in [0.4, 0.5) is 5.82 Å². The van der Waals surface area contributed by atoms with E-state index < -0.39 is 0 Å². The molecular formula is C26H26N6O3. The number of rotatable bonds is 6. The number of hydrogen-bond donors (Lipinski definition) is 1. The first-order valence-electron chi connectivity index (χ1n) is 11.5. The molecule has 0 aliphatic carbocycles. The molecule has 0 saturated carbocycles. The fourth-order valence-electron chi connectivity index (χ4n) is 4.52. The van der Waals surface area contributed by atoms with Crippen molar-refractivity contribution < 1.29 is 9.53 Å². The number of benzene rings is 2. The number of fused-ring (bicyclic) bond motifs is 1. The zero-order chi connectivity index (χ0) is 24.4. The van der Waals surface area contributed by atoms with Gasteiger partial charge in [0.15, 0.2) is 11.5 Å². The number of piperidine rings is 1. The molecule has 9 nitrogen and oxygen atoms in total. The van der Waals surface area contributed by atoms with Crippen molar-refractivity contribution in [1.82, 2.24) is 24.0 Å². The molecule has 0 spiro atoms. The number of carbonyl (C=O) groups is 1. The summed E-state index contributed by atoms with van der Waals surface area (Å²) in [6.07, 6.45) is 4.31. The fourth-order valence-corrected chi connectivity index (χ4v) is 4.52. The van der Waals surface area contributed by atoms with E-state index in [9.17, 15) is 9.59 Å². The lowest BCUT2D eigenvalue weighted by molar-refractivity contribution is -0.127. The summed E-state index contributed by atoms with van der Waals surface area (Å²) in [6, 6.07) is 16.7. The summed E-state index contributed by atoms with van der Waals surface area (Å²) in [6.45, 7) is 5.33. The number of para-hydroxylation sites is 1. The van der Waals surface area contributed by atoms with E-state index in [1.54, 1.807) is 14.0 Å². The van der Waals surface area contributed by atoms with Crippen LogP contribution in [-0.2, 0) is 11.3 Å². The second-order valence-electron chi connectivity index (χ2n) is 8.54. The standard InChI is InChI=1S/C26H26N6O3/c1-2-22(33)30-14-12-18(13-15-30)16-31-25-23(24(27)28-17-29-25)32(26(31)34)19-8-10-21(11-9-19)35-20-6-4-3-5-7-20/h2-11,17-18H,1,12-16H2,(H2,27,28,29). The van der Waals surface area contributed by atoms with Gasteiger partial charge in [-0.1, -0.05) is 24.8 Å². The first-order chi connectivity index (χ1) is 17.0. The highest BCUT2D eigenvalue weighted by atomic mass is 16.5. The molecule has 2 N–H and O–H groups in total. The van der Waals surface area contributed by atoms with Crippen molar-refractivity contribution in [3.05, 3.63) is 84.1 Å². The monoisotopic (exact) mass is 470 g/mol. The molecule has 9 heteroatoms. The molecule has 0 bridgehead atoms. The quantitative estimate of drug-likeness (QED) is 0.433. The van der Waals surface area contributed by atoms with Crippen LogP contribution in [0.5, 0.6) is 11.5 Å². The van der Waals surface area contributed by atoms with E-state index in [1.807, 2.05) is 54.6 Å². The van der Waals surface area contributed by atoms with Gasteiger partial charge >= 0.3 is 5.69 Å². The van der Waals surface area contributed by atoms with Crippen LogP contribution in [0.25, 0.3) is 16.9 Å². The Labute approximate surface area is 202 Å². The second kappa shape index (κ2) is 9.46. The van der Waals surface area contributed by atoms with Gasteiger partial charge in [0.1, 0.15) is 23.3 Å². The van der Waals surface area contributed by atoms with Gasteiger partial charge in [0.25, 0.3) is 0 Å². The molecule has 1 aliphatic rings. The number of nitrogen functional groups attached to an aromatic ring is 1. The Hall–Kier alpha value is -4.40. The molecule has 0 radical (unpaired) electrons. The van der Waals surface area contributed by atoms with Crippen molar-refractivity contribution in [3.8, 4) is 17.2 Å².